The monoisotopic (exact) mass is 451 g/mol. The largest absolute Gasteiger partial charge is 0.478 e. The van der Waals surface area contributed by atoms with E-state index < -0.39 is 18.0 Å². The Morgan fingerprint density at radius 2 is 1.84 bits per heavy atom. The molecule has 0 saturated heterocycles. The topological polar surface area (TPSA) is 93.5 Å². The van der Waals surface area contributed by atoms with Gasteiger partial charge in [0.05, 0.1) is 11.8 Å². The molecular weight excluding hydrogens is 430 g/mol. The molecule has 1 aliphatic heterocycles. The summed E-state index contributed by atoms with van der Waals surface area (Å²) in [5, 5.41) is 17.8. The fourth-order valence-corrected chi connectivity index (χ4v) is 4.13. The van der Waals surface area contributed by atoms with Crippen molar-refractivity contribution in [3.8, 4) is 0 Å². The third-order valence-corrected chi connectivity index (χ3v) is 5.66. The summed E-state index contributed by atoms with van der Waals surface area (Å²) in [5.74, 6) is -1.33. The van der Waals surface area contributed by atoms with Crippen LogP contribution in [0.4, 0.5) is 10.6 Å². The van der Waals surface area contributed by atoms with Crippen LogP contribution < -0.4 is 5.32 Å². The lowest BCUT2D eigenvalue weighted by atomic mass is 9.82. The van der Waals surface area contributed by atoms with Crippen LogP contribution in [0.25, 0.3) is 0 Å². The molecule has 0 bridgehead atoms. The molecule has 32 heavy (non-hydrogen) atoms. The summed E-state index contributed by atoms with van der Waals surface area (Å²) in [6.45, 7) is 2.06. The van der Waals surface area contributed by atoms with Crippen molar-refractivity contribution >= 4 is 29.5 Å². The van der Waals surface area contributed by atoms with Crippen LogP contribution in [-0.4, -0.2) is 26.9 Å². The lowest BCUT2D eigenvalue weighted by molar-refractivity contribution is -0.133. The second-order valence-electron chi connectivity index (χ2n) is 7.43. The highest BCUT2D eigenvalue weighted by Gasteiger charge is 2.37. The third-order valence-electron chi connectivity index (χ3n) is 5.32. The van der Waals surface area contributed by atoms with Gasteiger partial charge in [-0.25, -0.2) is 9.59 Å². The molecule has 2 heterocycles. The number of aromatic nitrogens is 2. The quantitative estimate of drug-likeness (QED) is 0.520. The number of carbonyl (C=O) groups excluding carboxylic acids is 1. The van der Waals surface area contributed by atoms with Crippen LogP contribution in [-0.2, 0) is 16.1 Å². The van der Waals surface area contributed by atoms with Crippen LogP contribution in [0.3, 0.4) is 0 Å². The first-order valence-corrected chi connectivity index (χ1v) is 10.7. The molecule has 7 nitrogen and oxygen atoms in total. The Hall–Kier alpha value is -3.58. The summed E-state index contributed by atoms with van der Waals surface area (Å²) in [6.07, 6.45) is 2.05. The van der Waals surface area contributed by atoms with E-state index in [1.807, 2.05) is 37.3 Å². The summed E-state index contributed by atoms with van der Waals surface area (Å²) in [6, 6.07) is 16.4. The summed E-state index contributed by atoms with van der Waals surface area (Å²) in [4.78, 5) is 25.1. The first-order chi connectivity index (χ1) is 15.5. The Labute approximate surface area is 190 Å². The average Bonchev–Trinajstić information content (AvgIpc) is 3.21. The zero-order chi connectivity index (χ0) is 22.7. The number of hydrogen-bond donors (Lipinski definition) is 2. The molecule has 3 aromatic rings. The van der Waals surface area contributed by atoms with Gasteiger partial charge in [0.2, 0.25) is 0 Å². The lowest BCUT2D eigenvalue weighted by Crippen LogP contribution is -2.26. The number of rotatable bonds is 6. The minimum absolute atomic E-state index is 0.0975. The normalized spacial score (nSPS) is 15.1. The molecule has 1 unspecified atom stereocenters. The van der Waals surface area contributed by atoms with Gasteiger partial charge in [0, 0.05) is 22.2 Å². The summed E-state index contributed by atoms with van der Waals surface area (Å²) < 4.78 is 6.57. The molecule has 0 aliphatic carbocycles. The van der Waals surface area contributed by atoms with Crippen molar-refractivity contribution in [2.24, 2.45) is 0 Å². The SMILES string of the molecule is CCCC1=C(C(=O)O)C(c2ccccc2Cl)c2cnn(C(=O)OCc3ccccc3)c2N1. The second kappa shape index (κ2) is 9.28. The molecule has 0 fully saturated rings. The van der Waals surface area contributed by atoms with Crippen molar-refractivity contribution in [3.63, 3.8) is 0 Å². The zero-order valence-electron chi connectivity index (χ0n) is 17.4. The predicted molar refractivity (Wildman–Crippen MR) is 121 cm³/mol. The molecule has 164 valence electrons. The van der Waals surface area contributed by atoms with Gasteiger partial charge in [-0.3, -0.25) is 0 Å². The molecule has 8 heteroatoms. The van der Waals surface area contributed by atoms with E-state index in [9.17, 15) is 14.7 Å². The number of allylic oxidation sites excluding steroid dienone is 1. The molecule has 0 spiro atoms. The molecule has 4 rings (SSSR count). The number of nitrogens with one attached hydrogen (secondary N) is 1. The number of carboxylic acids is 1. The van der Waals surface area contributed by atoms with Crippen LogP contribution in [0.5, 0.6) is 0 Å². The van der Waals surface area contributed by atoms with Crippen molar-refractivity contribution in [1.82, 2.24) is 9.78 Å². The first-order valence-electron chi connectivity index (χ1n) is 10.3. The molecule has 0 amide bonds. The Balaban J connectivity index is 1.75. The number of aliphatic carboxylic acids is 1. The van der Waals surface area contributed by atoms with Crippen molar-refractivity contribution in [3.05, 3.63) is 93.8 Å². The van der Waals surface area contributed by atoms with E-state index in [1.165, 1.54) is 6.20 Å². The number of carbonyl (C=O) groups is 2. The fourth-order valence-electron chi connectivity index (χ4n) is 3.89. The molecular formula is C24H22ClN3O4. The number of carboxylic acid groups (broad SMARTS) is 1. The number of halogens is 1. The number of nitrogens with zero attached hydrogens (tertiary/aromatic N) is 2. The highest BCUT2D eigenvalue weighted by atomic mass is 35.5. The number of ether oxygens (including phenoxy) is 1. The van der Waals surface area contributed by atoms with Gasteiger partial charge in [0.1, 0.15) is 12.4 Å². The minimum Gasteiger partial charge on any atom is -0.478 e. The van der Waals surface area contributed by atoms with Crippen LogP contribution in [0.2, 0.25) is 5.02 Å². The maximum absolute atomic E-state index is 12.8. The number of hydrogen-bond acceptors (Lipinski definition) is 5. The van der Waals surface area contributed by atoms with E-state index in [0.29, 0.717) is 34.1 Å². The van der Waals surface area contributed by atoms with E-state index in [1.54, 1.807) is 24.3 Å². The van der Waals surface area contributed by atoms with Gasteiger partial charge in [-0.05, 0) is 23.6 Å². The standard InChI is InChI=1S/C24H22ClN3O4/c1-2-8-19-21(23(29)30)20(16-11-6-7-12-18(16)25)17-13-26-28(22(17)27-19)24(31)32-14-15-9-4-3-5-10-15/h3-7,9-13,20,27H,2,8,14H2,1H3,(H,29,30). The van der Waals surface area contributed by atoms with Gasteiger partial charge in [0.25, 0.3) is 0 Å². The van der Waals surface area contributed by atoms with Crippen molar-refractivity contribution in [2.45, 2.75) is 32.3 Å². The highest BCUT2D eigenvalue weighted by Crippen LogP contribution is 2.44. The van der Waals surface area contributed by atoms with Crippen molar-refractivity contribution < 1.29 is 19.4 Å². The maximum Gasteiger partial charge on any atom is 0.436 e. The molecule has 1 aliphatic rings. The Morgan fingerprint density at radius 3 is 2.53 bits per heavy atom. The van der Waals surface area contributed by atoms with E-state index >= 15 is 0 Å². The van der Waals surface area contributed by atoms with Gasteiger partial charge < -0.3 is 15.2 Å². The number of benzene rings is 2. The van der Waals surface area contributed by atoms with Gasteiger partial charge >= 0.3 is 12.1 Å². The summed E-state index contributed by atoms with van der Waals surface area (Å²) >= 11 is 6.45. The van der Waals surface area contributed by atoms with Crippen molar-refractivity contribution in [2.75, 3.05) is 5.32 Å². The molecule has 2 aromatic carbocycles. The van der Waals surface area contributed by atoms with Crippen LogP contribution in [0.1, 0.15) is 42.4 Å². The summed E-state index contributed by atoms with van der Waals surface area (Å²) in [5.41, 5.74) is 2.76. The van der Waals surface area contributed by atoms with E-state index in [2.05, 4.69) is 10.4 Å². The van der Waals surface area contributed by atoms with Crippen LogP contribution >= 0.6 is 11.6 Å². The molecule has 2 N–H and O–H groups in total. The minimum atomic E-state index is -1.05. The van der Waals surface area contributed by atoms with Gasteiger partial charge in [-0.15, -0.1) is 4.68 Å². The van der Waals surface area contributed by atoms with Crippen LogP contribution in [0, 0.1) is 0 Å². The first kappa shape index (κ1) is 21.6. The smallest absolute Gasteiger partial charge is 0.436 e. The molecule has 0 radical (unpaired) electrons. The van der Waals surface area contributed by atoms with Crippen molar-refractivity contribution in [1.29, 1.82) is 0 Å². The Bertz CT molecular complexity index is 1190. The average molecular weight is 452 g/mol. The second-order valence-corrected chi connectivity index (χ2v) is 7.83. The zero-order valence-corrected chi connectivity index (χ0v) is 18.2. The third kappa shape index (κ3) is 4.11. The molecule has 1 aromatic heterocycles. The van der Waals surface area contributed by atoms with Gasteiger partial charge in [0.15, 0.2) is 0 Å². The van der Waals surface area contributed by atoms with Gasteiger partial charge in [-0.2, -0.15) is 5.10 Å². The highest BCUT2D eigenvalue weighted by molar-refractivity contribution is 6.31. The predicted octanol–water partition coefficient (Wildman–Crippen LogP) is 5.42. The van der Waals surface area contributed by atoms with Gasteiger partial charge in [-0.1, -0.05) is 73.5 Å². The molecule has 1 atom stereocenters. The van der Waals surface area contributed by atoms with E-state index in [0.717, 1.165) is 16.7 Å². The van der Waals surface area contributed by atoms with E-state index in [-0.39, 0.29) is 12.2 Å². The molecule has 0 saturated carbocycles. The Kier molecular flexibility index (Phi) is 6.28. The fraction of sp³-hybridized carbons (Fsp3) is 0.208. The maximum atomic E-state index is 12.8. The number of anilines is 1. The summed E-state index contributed by atoms with van der Waals surface area (Å²) in [7, 11) is 0. The number of fused-ring (bicyclic) bond motifs is 1. The van der Waals surface area contributed by atoms with E-state index in [4.69, 9.17) is 16.3 Å². The Morgan fingerprint density at radius 1 is 1.12 bits per heavy atom. The lowest BCUT2D eigenvalue weighted by Gasteiger charge is -2.29. The van der Waals surface area contributed by atoms with Crippen LogP contribution in [0.15, 0.2) is 72.1 Å².